The van der Waals surface area contributed by atoms with E-state index in [1.165, 1.54) is 30.4 Å². The van der Waals surface area contributed by atoms with Crippen molar-refractivity contribution in [1.82, 2.24) is 9.29 Å². The van der Waals surface area contributed by atoms with Crippen LogP contribution >= 0.6 is 22.9 Å². The van der Waals surface area contributed by atoms with Gasteiger partial charge in [0.1, 0.15) is 10.9 Å². The van der Waals surface area contributed by atoms with E-state index in [-0.39, 0.29) is 22.4 Å². The maximum atomic E-state index is 14.1. The van der Waals surface area contributed by atoms with E-state index in [0.29, 0.717) is 34.1 Å². The Kier molecular flexibility index (Phi) is 8.82. The molecule has 1 heterocycles. The number of hydrogen-bond donors (Lipinski definition) is 2. The number of aliphatic carboxylic acids is 1. The summed E-state index contributed by atoms with van der Waals surface area (Å²) in [6, 6.07) is 2.72. The molecule has 2 N–H and O–H groups in total. The molecule has 1 amide bonds. The summed E-state index contributed by atoms with van der Waals surface area (Å²) < 4.78 is 35.0. The van der Waals surface area contributed by atoms with E-state index in [1.54, 1.807) is 33.8 Å². The summed E-state index contributed by atoms with van der Waals surface area (Å²) in [5.74, 6) is -1.54. The molecule has 0 bridgehead atoms. The lowest BCUT2D eigenvalue weighted by Gasteiger charge is -2.34. The number of aryl methyl sites for hydroxylation is 1. The zero-order valence-corrected chi connectivity index (χ0v) is 23.4. The zero-order valence-electron chi connectivity index (χ0n) is 21.0. The van der Waals surface area contributed by atoms with Crippen molar-refractivity contribution in [2.75, 3.05) is 11.9 Å². The van der Waals surface area contributed by atoms with Crippen molar-refractivity contribution >= 4 is 50.0 Å². The van der Waals surface area contributed by atoms with Crippen LogP contribution in [0.1, 0.15) is 59.1 Å². The van der Waals surface area contributed by atoms with Crippen molar-refractivity contribution in [3.05, 3.63) is 28.9 Å². The first-order valence-corrected chi connectivity index (χ1v) is 14.3. The van der Waals surface area contributed by atoms with Crippen LogP contribution in [0, 0.1) is 6.92 Å². The summed E-state index contributed by atoms with van der Waals surface area (Å²) >= 11 is 7.63. The fourth-order valence-corrected chi connectivity index (χ4v) is 7.51. The number of anilines is 1. The highest BCUT2D eigenvalue weighted by Crippen LogP contribution is 2.38. The third-order valence-corrected chi connectivity index (χ3v) is 9.34. The number of ether oxygens (including phenoxy) is 1. The first-order valence-electron chi connectivity index (χ1n) is 11.7. The van der Waals surface area contributed by atoms with Gasteiger partial charge in [-0.25, -0.2) is 13.4 Å². The maximum absolute atomic E-state index is 14.1. The van der Waals surface area contributed by atoms with Gasteiger partial charge in [-0.2, -0.15) is 4.31 Å². The number of rotatable bonds is 9. The van der Waals surface area contributed by atoms with Crippen molar-refractivity contribution in [2.24, 2.45) is 0 Å². The summed E-state index contributed by atoms with van der Waals surface area (Å²) in [7, 11) is -4.33. The second kappa shape index (κ2) is 11.1. The maximum Gasteiger partial charge on any atom is 0.324 e. The van der Waals surface area contributed by atoms with Gasteiger partial charge in [0.15, 0.2) is 5.13 Å². The number of carbonyl (C=O) groups is 2. The largest absolute Gasteiger partial charge is 0.480 e. The van der Waals surface area contributed by atoms with Crippen LogP contribution in [0.15, 0.2) is 23.1 Å². The number of amides is 1. The molecule has 1 aromatic carbocycles. The van der Waals surface area contributed by atoms with E-state index in [1.807, 2.05) is 0 Å². The SMILES string of the molecule is CC(=O)Nc1nc(C)c(-c2ccc(Cl)c(S(=O)(=O)N(C3CCCC3)C(COC(C)(C)C)C(=O)O)c2)s1. The summed E-state index contributed by atoms with van der Waals surface area (Å²) in [4.78, 5) is 28.6. The molecule has 198 valence electrons. The highest BCUT2D eigenvalue weighted by Gasteiger charge is 2.43. The molecule has 1 aromatic heterocycles. The minimum absolute atomic E-state index is 0.00752. The molecule has 1 aliphatic rings. The van der Waals surface area contributed by atoms with Crippen molar-refractivity contribution < 1.29 is 27.9 Å². The Labute approximate surface area is 220 Å². The fraction of sp³-hybridized carbons (Fsp3) is 0.542. The minimum atomic E-state index is -4.33. The molecule has 1 aliphatic carbocycles. The summed E-state index contributed by atoms with van der Waals surface area (Å²) in [5.41, 5.74) is 0.518. The van der Waals surface area contributed by atoms with Gasteiger partial charge in [0, 0.05) is 13.0 Å². The van der Waals surface area contributed by atoms with E-state index in [0.717, 1.165) is 17.1 Å². The van der Waals surface area contributed by atoms with Gasteiger partial charge in [0.2, 0.25) is 15.9 Å². The van der Waals surface area contributed by atoms with Crippen LogP contribution in [-0.2, 0) is 24.3 Å². The van der Waals surface area contributed by atoms with Crippen LogP contribution in [0.25, 0.3) is 10.4 Å². The first kappa shape index (κ1) is 28.5. The Morgan fingerprint density at radius 1 is 1.31 bits per heavy atom. The summed E-state index contributed by atoms with van der Waals surface area (Å²) in [6.07, 6.45) is 2.74. The number of hydrogen-bond acceptors (Lipinski definition) is 7. The molecule has 0 radical (unpaired) electrons. The summed E-state index contributed by atoms with van der Waals surface area (Å²) in [5, 5.41) is 13.1. The molecular weight excluding hydrogens is 526 g/mol. The van der Waals surface area contributed by atoms with Crippen molar-refractivity contribution in [3.63, 3.8) is 0 Å². The highest BCUT2D eigenvalue weighted by molar-refractivity contribution is 7.89. The quantitative estimate of drug-likeness (QED) is 0.447. The van der Waals surface area contributed by atoms with E-state index >= 15 is 0 Å². The molecular formula is C24H32ClN3O6S2. The second-order valence-electron chi connectivity index (χ2n) is 9.81. The van der Waals surface area contributed by atoms with Crippen LogP contribution in [0.4, 0.5) is 5.13 Å². The average molecular weight is 558 g/mol. The van der Waals surface area contributed by atoms with Crippen LogP contribution < -0.4 is 5.32 Å². The molecule has 1 unspecified atom stereocenters. The molecule has 9 nitrogen and oxygen atoms in total. The molecule has 12 heteroatoms. The van der Waals surface area contributed by atoms with Gasteiger partial charge in [0.05, 0.1) is 27.8 Å². The lowest BCUT2D eigenvalue weighted by atomic mass is 10.1. The molecule has 36 heavy (non-hydrogen) atoms. The standard InChI is InChI=1S/C24H32ClN3O6S2/c1-14-21(35-23(26-14)27-15(2)29)16-10-11-18(25)20(12-16)36(32,33)28(17-8-6-7-9-17)19(22(30)31)13-34-24(3,4)5/h10-12,17,19H,6-9,13H2,1-5H3,(H,30,31)(H,26,27,29). The molecule has 1 atom stereocenters. The number of carboxylic acid groups (broad SMARTS) is 1. The normalized spacial score (nSPS) is 15.9. The average Bonchev–Trinajstić information content (AvgIpc) is 3.39. The number of aromatic nitrogens is 1. The van der Waals surface area contributed by atoms with E-state index in [9.17, 15) is 23.1 Å². The molecule has 0 spiro atoms. The van der Waals surface area contributed by atoms with Crippen molar-refractivity contribution in [1.29, 1.82) is 0 Å². The van der Waals surface area contributed by atoms with Crippen molar-refractivity contribution in [2.45, 2.75) is 82.9 Å². The van der Waals surface area contributed by atoms with Crippen LogP contribution in [-0.4, -0.2) is 59.0 Å². The van der Waals surface area contributed by atoms with Gasteiger partial charge in [-0.15, -0.1) is 0 Å². The topological polar surface area (TPSA) is 126 Å². The lowest BCUT2D eigenvalue weighted by molar-refractivity contribution is -0.146. The second-order valence-corrected chi connectivity index (χ2v) is 13.0. The number of thiazole rings is 1. The smallest absolute Gasteiger partial charge is 0.324 e. The molecule has 1 fully saturated rings. The number of carbonyl (C=O) groups excluding carboxylic acids is 1. The Bertz CT molecular complexity index is 1230. The van der Waals surface area contributed by atoms with Crippen LogP contribution in [0.2, 0.25) is 5.02 Å². The van der Waals surface area contributed by atoms with Gasteiger partial charge in [-0.1, -0.05) is 41.8 Å². The van der Waals surface area contributed by atoms with Crippen molar-refractivity contribution in [3.8, 4) is 10.4 Å². The van der Waals surface area contributed by atoms with E-state index < -0.39 is 33.7 Å². The fourth-order valence-electron chi connectivity index (χ4n) is 4.18. The van der Waals surface area contributed by atoms with Crippen LogP contribution in [0.3, 0.4) is 0 Å². The summed E-state index contributed by atoms with van der Waals surface area (Å²) in [6.45, 7) is 8.20. The third-order valence-electron chi connectivity index (χ3n) is 5.78. The Balaban J connectivity index is 2.09. The van der Waals surface area contributed by atoms with Gasteiger partial charge >= 0.3 is 5.97 Å². The third kappa shape index (κ3) is 6.63. The number of carboxylic acids is 1. The number of halogens is 1. The number of benzene rings is 1. The number of nitrogens with one attached hydrogen (secondary N) is 1. The van der Waals surface area contributed by atoms with E-state index in [2.05, 4.69) is 10.3 Å². The van der Waals surface area contributed by atoms with Gasteiger partial charge < -0.3 is 15.2 Å². The molecule has 3 rings (SSSR count). The Hall–Kier alpha value is -2.05. The first-order chi connectivity index (χ1) is 16.7. The monoisotopic (exact) mass is 557 g/mol. The van der Waals surface area contributed by atoms with Gasteiger partial charge in [-0.05, 0) is 58.2 Å². The molecule has 0 aliphatic heterocycles. The molecule has 2 aromatic rings. The Morgan fingerprint density at radius 3 is 2.50 bits per heavy atom. The highest BCUT2D eigenvalue weighted by atomic mass is 35.5. The lowest BCUT2D eigenvalue weighted by Crippen LogP contribution is -2.52. The predicted molar refractivity (Wildman–Crippen MR) is 140 cm³/mol. The molecule has 0 saturated heterocycles. The van der Waals surface area contributed by atoms with Gasteiger partial charge in [0.25, 0.3) is 0 Å². The van der Waals surface area contributed by atoms with Gasteiger partial charge in [-0.3, -0.25) is 9.59 Å². The van der Waals surface area contributed by atoms with E-state index in [4.69, 9.17) is 16.3 Å². The number of sulfonamides is 1. The zero-order chi connectivity index (χ0) is 26.8. The Morgan fingerprint density at radius 2 is 1.94 bits per heavy atom. The molecule has 1 saturated carbocycles. The minimum Gasteiger partial charge on any atom is -0.480 e. The van der Waals surface area contributed by atoms with Crippen LogP contribution in [0.5, 0.6) is 0 Å². The number of nitrogens with zero attached hydrogens (tertiary/aromatic N) is 2. The predicted octanol–water partition coefficient (Wildman–Crippen LogP) is 4.93.